The maximum absolute atomic E-state index is 11.8. The smallest absolute Gasteiger partial charge is 0.324 e. The first-order valence-corrected chi connectivity index (χ1v) is 5.84. The summed E-state index contributed by atoms with van der Waals surface area (Å²) in [6.45, 7) is 0.206. The quantitative estimate of drug-likeness (QED) is 0.457. The molecule has 18 heavy (non-hydrogen) atoms. The van der Waals surface area contributed by atoms with Gasteiger partial charge in [0.2, 0.25) is 0 Å². The summed E-state index contributed by atoms with van der Waals surface area (Å²) in [4.78, 5) is 34.3. The lowest BCUT2D eigenvalue weighted by molar-refractivity contribution is -0.380. The molecule has 0 radical (unpaired) electrons. The molecule has 0 unspecified atom stereocenters. The van der Waals surface area contributed by atoms with E-state index >= 15 is 0 Å². The van der Waals surface area contributed by atoms with Crippen molar-refractivity contribution in [3.8, 4) is 0 Å². The second-order valence-electron chi connectivity index (χ2n) is 3.45. The van der Waals surface area contributed by atoms with Crippen LogP contribution in [-0.4, -0.2) is 42.4 Å². The van der Waals surface area contributed by atoms with E-state index in [9.17, 15) is 19.7 Å². The lowest BCUT2D eigenvalue weighted by Crippen LogP contribution is -2.28. The number of ether oxygens (including phenoxy) is 1. The van der Waals surface area contributed by atoms with E-state index < -0.39 is 10.9 Å². The molecule has 1 aromatic heterocycles. The third-order valence-corrected chi connectivity index (χ3v) is 3.23. The van der Waals surface area contributed by atoms with Crippen molar-refractivity contribution >= 4 is 28.2 Å². The minimum absolute atomic E-state index is 0.0836. The van der Waals surface area contributed by atoms with Gasteiger partial charge < -0.3 is 9.64 Å². The van der Waals surface area contributed by atoms with Crippen molar-refractivity contribution < 1.29 is 19.2 Å². The number of hydrogen-bond acceptors (Lipinski definition) is 6. The second kappa shape index (κ2) is 6.10. The van der Waals surface area contributed by atoms with Crippen molar-refractivity contribution in [2.75, 3.05) is 20.7 Å². The van der Waals surface area contributed by atoms with Gasteiger partial charge in [-0.15, -0.1) is 0 Å². The third-order valence-electron chi connectivity index (χ3n) is 2.21. The van der Waals surface area contributed by atoms with E-state index in [1.54, 1.807) is 0 Å². The van der Waals surface area contributed by atoms with Gasteiger partial charge in [-0.3, -0.25) is 19.7 Å². The fourth-order valence-electron chi connectivity index (χ4n) is 1.19. The van der Waals surface area contributed by atoms with E-state index in [-0.39, 0.29) is 28.8 Å². The summed E-state index contributed by atoms with van der Waals surface area (Å²) in [7, 11) is 2.80. The highest BCUT2D eigenvalue weighted by molar-refractivity contribution is 7.17. The maximum atomic E-state index is 11.8. The zero-order chi connectivity index (χ0) is 13.7. The monoisotopic (exact) mass is 272 g/mol. The van der Waals surface area contributed by atoms with Gasteiger partial charge >= 0.3 is 11.0 Å². The molecular weight excluding hydrogens is 260 g/mol. The Labute approximate surface area is 107 Å². The van der Waals surface area contributed by atoms with Gasteiger partial charge in [-0.25, -0.2) is 0 Å². The standard InChI is InChI=1S/C10H12N2O5S/c1-11(6-5-9(13)17-2)10(14)7-3-4-8(18-7)12(15)16/h3-4H,5-6H2,1-2H3. The van der Waals surface area contributed by atoms with Gasteiger partial charge in [0.1, 0.15) is 0 Å². The first kappa shape index (κ1) is 14.1. The average Bonchev–Trinajstić information content (AvgIpc) is 2.84. The Bertz CT molecular complexity index is 471. The Morgan fingerprint density at radius 3 is 2.67 bits per heavy atom. The highest BCUT2D eigenvalue weighted by Gasteiger charge is 2.18. The molecule has 0 bridgehead atoms. The SMILES string of the molecule is COC(=O)CCN(C)C(=O)c1ccc([N+](=O)[O-])s1. The lowest BCUT2D eigenvalue weighted by Gasteiger charge is -2.14. The second-order valence-corrected chi connectivity index (χ2v) is 4.51. The number of nitrogens with zero attached hydrogens (tertiary/aromatic N) is 2. The van der Waals surface area contributed by atoms with Gasteiger partial charge in [0, 0.05) is 19.7 Å². The molecule has 7 nitrogen and oxygen atoms in total. The number of carbonyl (C=O) groups is 2. The number of nitro groups is 1. The van der Waals surface area contributed by atoms with Gasteiger partial charge in [0.05, 0.1) is 23.3 Å². The normalized spacial score (nSPS) is 9.89. The first-order chi connectivity index (χ1) is 8.45. The van der Waals surface area contributed by atoms with Crippen molar-refractivity contribution in [2.24, 2.45) is 0 Å². The summed E-state index contributed by atoms with van der Waals surface area (Å²) in [6, 6.07) is 2.69. The zero-order valence-electron chi connectivity index (χ0n) is 9.91. The Morgan fingerprint density at radius 2 is 2.17 bits per heavy atom. The van der Waals surface area contributed by atoms with Crippen molar-refractivity contribution in [2.45, 2.75) is 6.42 Å². The molecule has 1 heterocycles. The van der Waals surface area contributed by atoms with Gasteiger partial charge in [-0.05, 0) is 6.07 Å². The van der Waals surface area contributed by atoms with E-state index in [4.69, 9.17) is 0 Å². The van der Waals surface area contributed by atoms with Crippen LogP contribution in [0.4, 0.5) is 5.00 Å². The highest BCUT2D eigenvalue weighted by atomic mass is 32.1. The van der Waals surface area contributed by atoms with E-state index in [2.05, 4.69) is 4.74 Å². The minimum atomic E-state index is -0.546. The van der Waals surface area contributed by atoms with Crippen LogP contribution in [0, 0.1) is 10.1 Å². The Balaban J connectivity index is 2.62. The molecule has 1 aromatic rings. The van der Waals surface area contributed by atoms with Gasteiger partial charge in [-0.1, -0.05) is 11.3 Å². The van der Waals surface area contributed by atoms with Gasteiger partial charge in [-0.2, -0.15) is 0 Å². The first-order valence-electron chi connectivity index (χ1n) is 5.02. The van der Waals surface area contributed by atoms with Gasteiger partial charge in [0.25, 0.3) is 5.91 Å². The third kappa shape index (κ3) is 3.52. The number of hydrogen-bond donors (Lipinski definition) is 0. The van der Waals surface area contributed by atoms with Crippen LogP contribution in [0.1, 0.15) is 16.1 Å². The largest absolute Gasteiger partial charge is 0.469 e. The summed E-state index contributed by atoms with van der Waals surface area (Å²) in [5.41, 5.74) is 0. The molecule has 0 saturated heterocycles. The van der Waals surface area contributed by atoms with Crippen LogP contribution in [0.15, 0.2) is 12.1 Å². The van der Waals surface area contributed by atoms with E-state index in [0.717, 1.165) is 11.3 Å². The summed E-state index contributed by atoms with van der Waals surface area (Å²) in [5.74, 6) is -0.760. The fourth-order valence-corrected chi connectivity index (χ4v) is 2.01. The van der Waals surface area contributed by atoms with Crippen LogP contribution in [0.5, 0.6) is 0 Å². The van der Waals surface area contributed by atoms with E-state index in [1.165, 1.54) is 31.2 Å². The Morgan fingerprint density at radius 1 is 1.50 bits per heavy atom. The Kier molecular flexibility index (Phi) is 4.78. The highest BCUT2D eigenvalue weighted by Crippen LogP contribution is 2.24. The van der Waals surface area contributed by atoms with Crippen molar-refractivity contribution in [1.82, 2.24) is 4.90 Å². The molecule has 0 atom stereocenters. The van der Waals surface area contributed by atoms with Crippen LogP contribution in [-0.2, 0) is 9.53 Å². The lowest BCUT2D eigenvalue weighted by atomic mass is 10.3. The average molecular weight is 272 g/mol. The van der Waals surface area contributed by atoms with Crippen LogP contribution in [0.3, 0.4) is 0 Å². The molecule has 0 aliphatic rings. The zero-order valence-corrected chi connectivity index (χ0v) is 10.7. The van der Waals surface area contributed by atoms with Gasteiger partial charge in [0.15, 0.2) is 0 Å². The van der Waals surface area contributed by atoms with Crippen molar-refractivity contribution in [3.63, 3.8) is 0 Å². The van der Waals surface area contributed by atoms with E-state index in [0.29, 0.717) is 0 Å². The van der Waals surface area contributed by atoms with Crippen LogP contribution >= 0.6 is 11.3 Å². The molecule has 0 N–H and O–H groups in total. The predicted octanol–water partition coefficient (Wildman–Crippen LogP) is 1.29. The number of carbonyl (C=O) groups excluding carboxylic acids is 2. The van der Waals surface area contributed by atoms with Crippen LogP contribution in [0.2, 0.25) is 0 Å². The molecule has 1 amide bonds. The number of amides is 1. The molecule has 8 heteroatoms. The Hall–Kier alpha value is -1.96. The topological polar surface area (TPSA) is 89.8 Å². The van der Waals surface area contributed by atoms with E-state index in [1.807, 2.05) is 0 Å². The summed E-state index contributed by atoms with van der Waals surface area (Å²) in [5, 5.41) is 10.4. The molecule has 1 rings (SSSR count). The summed E-state index contributed by atoms with van der Waals surface area (Å²) >= 11 is 0.811. The number of rotatable bonds is 5. The molecule has 0 spiro atoms. The number of esters is 1. The van der Waals surface area contributed by atoms with Crippen molar-refractivity contribution in [3.05, 3.63) is 27.1 Å². The van der Waals surface area contributed by atoms with Crippen LogP contribution in [0.25, 0.3) is 0 Å². The summed E-state index contributed by atoms with van der Waals surface area (Å²) < 4.78 is 4.46. The van der Waals surface area contributed by atoms with Crippen LogP contribution < -0.4 is 0 Å². The molecule has 0 fully saturated rings. The summed E-state index contributed by atoms with van der Waals surface area (Å²) in [6.07, 6.45) is 0.0895. The minimum Gasteiger partial charge on any atom is -0.469 e. The number of methoxy groups -OCH3 is 1. The molecule has 98 valence electrons. The fraction of sp³-hybridized carbons (Fsp3) is 0.400. The molecule has 0 aliphatic carbocycles. The predicted molar refractivity (Wildman–Crippen MR) is 64.6 cm³/mol. The number of thiophene rings is 1. The molecule has 0 saturated carbocycles. The maximum Gasteiger partial charge on any atom is 0.324 e. The molecule has 0 aliphatic heterocycles. The van der Waals surface area contributed by atoms with Crippen molar-refractivity contribution in [1.29, 1.82) is 0 Å². The molecule has 0 aromatic carbocycles. The molecular formula is C10H12N2O5S.